The van der Waals surface area contributed by atoms with Crippen LogP contribution in [-0.4, -0.2) is 47.0 Å². The van der Waals surface area contributed by atoms with Gasteiger partial charge in [-0.1, -0.05) is 25.7 Å². The second kappa shape index (κ2) is 5.99. The quantitative estimate of drug-likeness (QED) is 0.762. The molecule has 16 heavy (non-hydrogen) atoms. The van der Waals surface area contributed by atoms with Gasteiger partial charge < -0.3 is 10.2 Å². The van der Waals surface area contributed by atoms with Crippen molar-refractivity contribution in [3.05, 3.63) is 0 Å². The van der Waals surface area contributed by atoms with Gasteiger partial charge in [-0.15, -0.1) is 0 Å². The van der Waals surface area contributed by atoms with E-state index < -0.39 is 0 Å². The molecule has 2 fully saturated rings. The van der Waals surface area contributed by atoms with E-state index >= 15 is 0 Å². The molecule has 0 radical (unpaired) electrons. The Kier molecular flexibility index (Phi) is 4.62. The molecule has 1 aliphatic carbocycles. The van der Waals surface area contributed by atoms with Crippen LogP contribution in [0.5, 0.6) is 0 Å². The average Bonchev–Trinajstić information content (AvgIpc) is 2.70. The SMILES string of the molecule is OC1CCCN(CC(O)CC2CCCC2)C1. The first kappa shape index (κ1) is 12.3. The van der Waals surface area contributed by atoms with Gasteiger partial charge >= 0.3 is 0 Å². The van der Waals surface area contributed by atoms with Crippen LogP contribution in [0.3, 0.4) is 0 Å². The Morgan fingerprint density at radius 2 is 1.88 bits per heavy atom. The number of likely N-dealkylation sites (tertiary alicyclic amines) is 1. The summed E-state index contributed by atoms with van der Waals surface area (Å²) in [6, 6.07) is 0. The van der Waals surface area contributed by atoms with Crippen molar-refractivity contribution in [2.24, 2.45) is 5.92 Å². The van der Waals surface area contributed by atoms with Crippen molar-refractivity contribution in [2.45, 2.75) is 57.2 Å². The van der Waals surface area contributed by atoms with E-state index in [0.717, 1.165) is 44.8 Å². The fourth-order valence-electron chi connectivity index (χ4n) is 3.20. The molecule has 1 aliphatic heterocycles. The largest absolute Gasteiger partial charge is 0.392 e. The molecule has 2 rings (SSSR count). The Labute approximate surface area is 98.5 Å². The van der Waals surface area contributed by atoms with Crippen LogP contribution in [0, 0.1) is 5.92 Å². The number of piperidine rings is 1. The highest BCUT2D eigenvalue weighted by molar-refractivity contribution is 4.77. The second-order valence-corrected chi connectivity index (χ2v) is 5.60. The number of aliphatic hydroxyl groups excluding tert-OH is 2. The summed E-state index contributed by atoms with van der Waals surface area (Å²) in [4.78, 5) is 2.22. The number of hydrogen-bond acceptors (Lipinski definition) is 3. The van der Waals surface area contributed by atoms with E-state index in [2.05, 4.69) is 4.90 Å². The zero-order chi connectivity index (χ0) is 11.4. The summed E-state index contributed by atoms with van der Waals surface area (Å²) in [5, 5.41) is 19.6. The number of hydrogen-bond donors (Lipinski definition) is 2. The first-order valence-electron chi connectivity index (χ1n) is 6.82. The van der Waals surface area contributed by atoms with Gasteiger partial charge in [0.05, 0.1) is 12.2 Å². The zero-order valence-electron chi connectivity index (χ0n) is 10.1. The molecule has 2 atom stereocenters. The summed E-state index contributed by atoms with van der Waals surface area (Å²) in [6.45, 7) is 2.55. The van der Waals surface area contributed by atoms with Crippen LogP contribution >= 0.6 is 0 Å². The fraction of sp³-hybridized carbons (Fsp3) is 1.00. The molecule has 0 spiro atoms. The summed E-state index contributed by atoms with van der Waals surface area (Å²) in [5.41, 5.74) is 0. The van der Waals surface area contributed by atoms with Crippen LogP contribution in [-0.2, 0) is 0 Å². The summed E-state index contributed by atoms with van der Waals surface area (Å²) < 4.78 is 0. The lowest BCUT2D eigenvalue weighted by Crippen LogP contribution is -2.42. The van der Waals surface area contributed by atoms with Crippen molar-refractivity contribution in [3.8, 4) is 0 Å². The molecular weight excluding hydrogens is 202 g/mol. The molecule has 0 bridgehead atoms. The summed E-state index contributed by atoms with van der Waals surface area (Å²) in [5.74, 6) is 0.754. The second-order valence-electron chi connectivity index (χ2n) is 5.60. The maximum atomic E-state index is 10.0. The Balaban J connectivity index is 1.67. The number of nitrogens with zero attached hydrogens (tertiary/aromatic N) is 1. The lowest BCUT2D eigenvalue weighted by atomic mass is 9.99. The van der Waals surface area contributed by atoms with Crippen molar-refractivity contribution in [3.63, 3.8) is 0 Å². The van der Waals surface area contributed by atoms with Gasteiger partial charge in [-0.3, -0.25) is 4.90 Å². The maximum Gasteiger partial charge on any atom is 0.0669 e. The molecule has 3 heteroatoms. The lowest BCUT2D eigenvalue weighted by Gasteiger charge is -2.32. The van der Waals surface area contributed by atoms with E-state index in [-0.39, 0.29) is 12.2 Å². The molecule has 2 unspecified atom stereocenters. The molecule has 94 valence electrons. The van der Waals surface area contributed by atoms with Crippen LogP contribution in [0.2, 0.25) is 0 Å². The van der Waals surface area contributed by atoms with Gasteiger partial charge in [0, 0.05) is 13.1 Å². The smallest absolute Gasteiger partial charge is 0.0669 e. The molecule has 1 heterocycles. The van der Waals surface area contributed by atoms with Crippen LogP contribution in [0.25, 0.3) is 0 Å². The Hall–Kier alpha value is -0.120. The van der Waals surface area contributed by atoms with Crippen molar-refractivity contribution in [1.82, 2.24) is 4.90 Å². The third-order valence-electron chi connectivity index (χ3n) is 4.03. The van der Waals surface area contributed by atoms with Crippen molar-refractivity contribution < 1.29 is 10.2 Å². The van der Waals surface area contributed by atoms with Crippen LogP contribution < -0.4 is 0 Å². The molecule has 0 amide bonds. The van der Waals surface area contributed by atoms with Crippen molar-refractivity contribution in [2.75, 3.05) is 19.6 Å². The Bertz CT molecular complexity index is 204. The minimum Gasteiger partial charge on any atom is -0.392 e. The normalized spacial score (nSPS) is 30.8. The highest BCUT2D eigenvalue weighted by Crippen LogP contribution is 2.28. The number of β-amino-alcohol motifs (C(OH)–C–C–N with tert-alkyl or cyclic N) is 2. The standard InChI is InChI=1S/C13H25NO2/c15-12-6-3-7-14(9-12)10-13(16)8-11-4-1-2-5-11/h11-13,15-16H,1-10H2. The Morgan fingerprint density at radius 3 is 2.56 bits per heavy atom. The van der Waals surface area contributed by atoms with E-state index in [9.17, 15) is 10.2 Å². The molecule has 2 N–H and O–H groups in total. The predicted octanol–water partition coefficient (Wildman–Crippen LogP) is 1.38. The molecule has 0 aromatic rings. The number of rotatable bonds is 4. The van der Waals surface area contributed by atoms with Gasteiger partial charge in [0.15, 0.2) is 0 Å². The van der Waals surface area contributed by atoms with E-state index in [1.807, 2.05) is 0 Å². The lowest BCUT2D eigenvalue weighted by molar-refractivity contribution is 0.0327. The van der Waals surface area contributed by atoms with E-state index in [1.54, 1.807) is 0 Å². The fourth-order valence-corrected chi connectivity index (χ4v) is 3.20. The molecule has 1 saturated carbocycles. The molecule has 2 aliphatic rings. The zero-order valence-corrected chi connectivity index (χ0v) is 10.1. The van der Waals surface area contributed by atoms with E-state index in [1.165, 1.54) is 25.7 Å². The Morgan fingerprint density at radius 1 is 1.12 bits per heavy atom. The van der Waals surface area contributed by atoms with Crippen LogP contribution in [0.15, 0.2) is 0 Å². The van der Waals surface area contributed by atoms with Crippen LogP contribution in [0.4, 0.5) is 0 Å². The third kappa shape index (κ3) is 3.72. The molecular formula is C13H25NO2. The minimum atomic E-state index is -0.187. The monoisotopic (exact) mass is 227 g/mol. The number of aliphatic hydroxyl groups is 2. The van der Waals surface area contributed by atoms with Gasteiger partial charge in [-0.05, 0) is 31.7 Å². The topological polar surface area (TPSA) is 43.7 Å². The minimum absolute atomic E-state index is 0.174. The summed E-state index contributed by atoms with van der Waals surface area (Å²) in [7, 11) is 0. The first-order chi connectivity index (χ1) is 7.74. The van der Waals surface area contributed by atoms with E-state index in [4.69, 9.17) is 0 Å². The van der Waals surface area contributed by atoms with Gasteiger partial charge in [-0.25, -0.2) is 0 Å². The highest BCUT2D eigenvalue weighted by atomic mass is 16.3. The maximum absolute atomic E-state index is 10.0. The third-order valence-corrected chi connectivity index (χ3v) is 4.03. The van der Waals surface area contributed by atoms with Gasteiger partial charge in [0.25, 0.3) is 0 Å². The van der Waals surface area contributed by atoms with Crippen LogP contribution in [0.1, 0.15) is 44.9 Å². The van der Waals surface area contributed by atoms with Gasteiger partial charge in [-0.2, -0.15) is 0 Å². The molecule has 0 aromatic carbocycles. The van der Waals surface area contributed by atoms with Crippen molar-refractivity contribution >= 4 is 0 Å². The van der Waals surface area contributed by atoms with E-state index in [0.29, 0.717) is 0 Å². The average molecular weight is 227 g/mol. The molecule has 1 saturated heterocycles. The van der Waals surface area contributed by atoms with Gasteiger partial charge in [0.1, 0.15) is 0 Å². The molecule has 3 nitrogen and oxygen atoms in total. The van der Waals surface area contributed by atoms with Crippen molar-refractivity contribution in [1.29, 1.82) is 0 Å². The summed E-state index contributed by atoms with van der Waals surface area (Å²) in [6.07, 6.45) is 7.90. The first-order valence-corrected chi connectivity index (χ1v) is 6.82. The summed E-state index contributed by atoms with van der Waals surface area (Å²) >= 11 is 0. The van der Waals surface area contributed by atoms with Gasteiger partial charge in [0.2, 0.25) is 0 Å². The highest BCUT2D eigenvalue weighted by Gasteiger charge is 2.23. The predicted molar refractivity (Wildman–Crippen MR) is 64.3 cm³/mol. The molecule has 0 aromatic heterocycles.